The molecule has 1 atom stereocenters. The van der Waals surface area contributed by atoms with Crippen molar-refractivity contribution >= 4 is 0 Å². The summed E-state index contributed by atoms with van der Waals surface area (Å²) in [5, 5.41) is 10.2. The Kier molecular flexibility index (Phi) is 10.2. The van der Waals surface area contributed by atoms with Crippen LogP contribution in [0.2, 0.25) is 0 Å². The van der Waals surface area contributed by atoms with Crippen LogP contribution in [0.3, 0.4) is 0 Å². The van der Waals surface area contributed by atoms with E-state index in [0.717, 1.165) is 75.6 Å². The van der Waals surface area contributed by atoms with Gasteiger partial charge in [0, 0.05) is 32.7 Å². The lowest BCUT2D eigenvalue weighted by Crippen LogP contribution is -2.47. The Morgan fingerprint density at radius 2 is 1.57 bits per heavy atom. The Hall–Kier alpha value is -2.81. The van der Waals surface area contributed by atoms with E-state index in [1.807, 2.05) is 30.3 Å². The van der Waals surface area contributed by atoms with Crippen LogP contribution < -0.4 is 9.47 Å². The maximum Gasteiger partial charge on any atom is 0.119 e. The molecule has 0 radical (unpaired) electrons. The van der Waals surface area contributed by atoms with Crippen LogP contribution in [0.15, 0.2) is 61.2 Å². The van der Waals surface area contributed by atoms with Crippen LogP contribution in [0.4, 0.5) is 0 Å². The molecule has 5 heteroatoms. The van der Waals surface area contributed by atoms with E-state index in [0.29, 0.717) is 6.61 Å². The average Bonchev–Trinajstić information content (AvgIpc) is 2.89. The summed E-state index contributed by atoms with van der Waals surface area (Å²) in [7, 11) is 1.67. The van der Waals surface area contributed by atoms with Crippen molar-refractivity contribution in [1.82, 2.24) is 9.80 Å². The molecule has 0 aliphatic carbocycles. The van der Waals surface area contributed by atoms with E-state index in [4.69, 9.17) is 9.47 Å². The summed E-state index contributed by atoms with van der Waals surface area (Å²) in [6.45, 7) is 15.1. The lowest BCUT2D eigenvalue weighted by Gasteiger charge is -2.36. The fraction of sp³-hybridized carbons (Fsp3) is 0.500. The molecule has 188 valence electrons. The Morgan fingerprint density at radius 3 is 2.11 bits per heavy atom. The maximum absolute atomic E-state index is 10.2. The largest absolute Gasteiger partial charge is 0.497 e. The van der Waals surface area contributed by atoms with Crippen LogP contribution in [0, 0.1) is 17.2 Å². The summed E-state index contributed by atoms with van der Waals surface area (Å²) >= 11 is 0. The molecule has 0 N–H and O–H groups in total. The fourth-order valence-electron chi connectivity index (χ4n) is 4.90. The number of allylic oxidation sites excluding steroid dienone is 1. The van der Waals surface area contributed by atoms with Gasteiger partial charge >= 0.3 is 0 Å². The van der Waals surface area contributed by atoms with E-state index in [2.05, 4.69) is 60.6 Å². The number of hydrogen-bond donors (Lipinski definition) is 0. The van der Waals surface area contributed by atoms with Crippen LogP contribution in [-0.2, 0) is 11.8 Å². The Bertz CT molecular complexity index is 941. The lowest BCUT2D eigenvalue weighted by molar-refractivity contribution is 0.114. The number of ether oxygens (including phenoxy) is 2. The van der Waals surface area contributed by atoms with Crippen LogP contribution in [-0.4, -0.2) is 62.8 Å². The first-order chi connectivity index (χ1) is 17.0. The van der Waals surface area contributed by atoms with Crippen molar-refractivity contribution in [3.05, 3.63) is 72.3 Å². The highest BCUT2D eigenvalue weighted by Crippen LogP contribution is 2.37. The number of nitriles is 1. The van der Waals surface area contributed by atoms with Gasteiger partial charge in [0.2, 0.25) is 0 Å². The molecule has 0 bridgehead atoms. The molecule has 0 saturated carbocycles. The minimum atomic E-state index is -0.463. The first-order valence-electron chi connectivity index (χ1n) is 12.8. The zero-order valence-electron chi connectivity index (χ0n) is 21.7. The number of rotatable bonds is 13. The summed E-state index contributed by atoms with van der Waals surface area (Å²) in [5.41, 5.74) is 1.89. The van der Waals surface area contributed by atoms with Crippen LogP contribution in [0.25, 0.3) is 0 Å². The zero-order valence-corrected chi connectivity index (χ0v) is 21.7. The van der Waals surface area contributed by atoms with E-state index < -0.39 is 5.41 Å². The second-order valence-corrected chi connectivity index (χ2v) is 9.74. The number of methoxy groups -OCH3 is 1. The summed E-state index contributed by atoms with van der Waals surface area (Å²) < 4.78 is 11.2. The lowest BCUT2D eigenvalue weighted by atomic mass is 9.70. The van der Waals surface area contributed by atoms with Gasteiger partial charge in [-0.05, 0) is 67.1 Å². The third kappa shape index (κ3) is 7.34. The van der Waals surface area contributed by atoms with Crippen molar-refractivity contribution in [2.24, 2.45) is 5.92 Å². The highest BCUT2D eigenvalue weighted by molar-refractivity contribution is 5.37. The molecule has 2 aromatic rings. The number of hydrogen-bond acceptors (Lipinski definition) is 5. The molecule has 35 heavy (non-hydrogen) atoms. The molecule has 1 saturated heterocycles. The number of nitrogens with zero attached hydrogens (tertiary/aromatic N) is 3. The highest BCUT2D eigenvalue weighted by Gasteiger charge is 2.35. The molecule has 1 aliphatic heterocycles. The topological polar surface area (TPSA) is 48.7 Å². The molecule has 1 heterocycles. The van der Waals surface area contributed by atoms with E-state index in [9.17, 15) is 5.26 Å². The zero-order chi connectivity index (χ0) is 25.1. The Morgan fingerprint density at radius 1 is 0.971 bits per heavy atom. The third-order valence-electron chi connectivity index (χ3n) is 7.28. The van der Waals surface area contributed by atoms with Gasteiger partial charge in [-0.3, -0.25) is 4.90 Å². The maximum atomic E-state index is 10.2. The predicted molar refractivity (Wildman–Crippen MR) is 143 cm³/mol. The SMILES string of the molecule is C=CCc1ccc(OCCN2CCN(CCCC(C#N)(c3ccc(OC)cc3)C(C)C)CC2)cc1. The molecule has 1 fully saturated rings. The minimum absolute atomic E-state index is 0.246. The van der Waals surface area contributed by atoms with E-state index in [-0.39, 0.29) is 5.92 Å². The second-order valence-electron chi connectivity index (χ2n) is 9.74. The molecule has 2 aromatic carbocycles. The van der Waals surface area contributed by atoms with Crippen molar-refractivity contribution in [3.8, 4) is 17.6 Å². The van der Waals surface area contributed by atoms with Crippen molar-refractivity contribution in [2.45, 2.75) is 38.5 Å². The van der Waals surface area contributed by atoms with Gasteiger partial charge in [0.25, 0.3) is 0 Å². The van der Waals surface area contributed by atoms with Crippen LogP contribution >= 0.6 is 0 Å². The third-order valence-corrected chi connectivity index (χ3v) is 7.28. The van der Waals surface area contributed by atoms with E-state index in [1.165, 1.54) is 5.56 Å². The molecule has 0 aromatic heterocycles. The standard InChI is InChI=1S/C30H41N3O2/c1-5-7-26-8-12-29(13-9-26)35-23-22-33-20-18-32(19-21-33)17-6-16-30(24-31,25(2)3)27-10-14-28(34-4)15-11-27/h5,8-15,25H,1,6-7,16-23H2,2-4H3. The van der Waals surface area contributed by atoms with Crippen molar-refractivity contribution in [3.63, 3.8) is 0 Å². The Labute approximate surface area is 212 Å². The van der Waals surface area contributed by atoms with Gasteiger partial charge in [0.15, 0.2) is 0 Å². The molecular weight excluding hydrogens is 434 g/mol. The van der Waals surface area contributed by atoms with E-state index in [1.54, 1.807) is 7.11 Å². The molecule has 3 rings (SSSR count). The van der Waals surface area contributed by atoms with Gasteiger partial charge in [0.05, 0.1) is 18.6 Å². The summed E-state index contributed by atoms with van der Waals surface area (Å²) in [5.74, 6) is 2.00. The molecule has 0 spiro atoms. The second kappa shape index (κ2) is 13.3. The normalized spacial score (nSPS) is 16.4. The quantitative estimate of drug-likeness (QED) is 0.367. The van der Waals surface area contributed by atoms with Gasteiger partial charge < -0.3 is 14.4 Å². The number of piperazine rings is 1. The summed E-state index contributed by atoms with van der Waals surface area (Å²) in [6, 6.07) is 19.0. The van der Waals surface area contributed by atoms with Crippen molar-refractivity contribution in [1.29, 1.82) is 5.26 Å². The van der Waals surface area contributed by atoms with Gasteiger partial charge in [-0.25, -0.2) is 0 Å². The van der Waals surface area contributed by atoms with Crippen molar-refractivity contribution in [2.75, 3.05) is 53.0 Å². The monoisotopic (exact) mass is 475 g/mol. The summed E-state index contributed by atoms with van der Waals surface area (Å²) in [6.07, 6.45) is 4.69. The molecule has 5 nitrogen and oxygen atoms in total. The molecule has 1 unspecified atom stereocenters. The van der Waals surface area contributed by atoms with Crippen LogP contribution in [0.1, 0.15) is 37.8 Å². The van der Waals surface area contributed by atoms with Gasteiger partial charge in [-0.2, -0.15) is 5.26 Å². The Balaban J connectivity index is 1.40. The van der Waals surface area contributed by atoms with Gasteiger partial charge in [-0.1, -0.05) is 44.2 Å². The first-order valence-corrected chi connectivity index (χ1v) is 12.8. The smallest absolute Gasteiger partial charge is 0.119 e. The highest BCUT2D eigenvalue weighted by atomic mass is 16.5. The molecule has 0 amide bonds. The predicted octanol–water partition coefficient (Wildman–Crippen LogP) is 5.32. The number of benzene rings is 2. The molecule has 1 aliphatic rings. The first kappa shape index (κ1) is 26.8. The fourth-order valence-corrected chi connectivity index (χ4v) is 4.90. The average molecular weight is 476 g/mol. The summed E-state index contributed by atoms with van der Waals surface area (Å²) in [4.78, 5) is 5.01. The van der Waals surface area contributed by atoms with Gasteiger partial charge in [0.1, 0.15) is 18.1 Å². The van der Waals surface area contributed by atoms with Crippen molar-refractivity contribution < 1.29 is 9.47 Å². The van der Waals surface area contributed by atoms with E-state index >= 15 is 0 Å². The van der Waals surface area contributed by atoms with Crippen LogP contribution in [0.5, 0.6) is 11.5 Å². The van der Waals surface area contributed by atoms with Gasteiger partial charge in [-0.15, -0.1) is 6.58 Å². The molecular formula is C30H41N3O2. The minimum Gasteiger partial charge on any atom is -0.497 e.